The van der Waals surface area contributed by atoms with Crippen molar-refractivity contribution >= 4 is 36.9 Å². The maximum Gasteiger partial charge on any atom is 0.230 e. The molecule has 2 rings (SSSR count). The van der Waals surface area contributed by atoms with E-state index >= 15 is 0 Å². The van der Waals surface area contributed by atoms with E-state index in [2.05, 4.69) is 60.7 Å². The molecule has 0 fully saturated rings. The van der Waals surface area contributed by atoms with Crippen molar-refractivity contribution < 1.29 is 5.11 Å². The number of rotatable bonds is 16. The monoisotopic (exact) mass is 588 g/mol. The standard InChI is InChI=1S/C33H56N4OS2/c1-9-11-13-15-17-19-26(39)29-35-30(27(40)20-18-16-14-12-10-2)37-31(36-29)34-23-21-24(32(3,4)5)28(38)25(22-23)33(6,7)8/h21-22,26-27,38-40H,9-20H2,1-8H3,(H,34,35,36,37). The molecular formula is C33H56N4OS2. The highest BCUT2D eigenvalue weighted by Crippen LogP contribution is 2.41. The molecular weight excluding hydrogens is 533 g/mol. The number of thiol groups is 2. The van der Waals surface area contributed by atoms with Gasteiger partial charge in [0.2, 0.25) is 5.95 Å². The number of aromatic hydroxyl groups is 1. The van der Waals surface area contributed by atoms with Crippen molar-refractivity contribution in [2.75, 3.05) is 5.32 Å². The highest BCUT2D eigenvalue weighted by molar-refractivity contribution is 7.80. The van der Waals surface area contributed by atoms with Crippen LogP contribution in [0.3, 0.4) is 0 Å². The molecule has 1 aromatic carbocycles. The van der Waals surface area contributed by atoms with Crippen LogP contribution in [0.4, 0.5) is 11.6 Å². The number of aromatic nitrogens is 3. The molecule has 5 nitrogen and oxygen atoms in total. The third-order valence-electron chi connectivity index (χ3n) is 7.41. The number of hydrogen-bond donors (Lipinski definition) is 4. The Labute approximate surface area is 256 Å². The first-order valence-corrected chi connectivity index (χ1v) is 16.6. The van der Waals surface area contributed by atoms with Gasteiger partial charge < -0.3 is 10.4 Å². The summed E-state index contributed by atoms with van der Waals surface area (Å²) in [5, 5.41) is 14.5. The van der Waals surface area contributed by atoms with E-state index in [0.717, 1.165) is 42.5 Å². The molecule has 0 spiro atoms. The smallest absolute Gasteiger partial charge is 0.230 e. The van der Waals surface area contributed by atoms with Crippen LogP contribution < -0.4 is 5.32 Å². The fraction of sp³-hybridized carbons (Fsp3) is 0.727. The van der Waals surface area contributed by atoms with Gasteiger partial charge in [0.05, 0.1) is 10.5 Å². The van der Waals surface area contributed by atoms with Crippen LogP contribution in [-0.2, 0) is 10.8 Å². The third kappa shape index (κ3) is 11.1. The Morgan fingerprint density at radius 3 is 1.45 bits per heavy atom. The zero-order valence-corrected chi connectivity index (χ0v) is 28.3. The van der Waals surface area contributed by atoms with Gasteiger partial charge in [0, 0.05) is 16.8 Å². The summed E-state index contributed by atoms with van der Waals surface area (Å²) in [6.45, 7) is 17.2. The van der Waals surface area contributed by atoms with E-state index in [9.17, 15) is 5.11 Å². The number of nitrogens with zero attached hydrogens (tertiary/aromatic N) is 3. The molecule has 0 saturated heterocycles. The summed E-state index contributed by atoms with van der Waals surface area (Å²) in [6.07, 6.45) is 14.1. The molecule has 2 atom stereocenters. The van der Waals surface area contributed by atoms with E-state index < -0.39 is 0 Å². The molecule has 1 aromatic heterocycles. The summed E-state index contributed by atoms with van der Waals surface area (Å²) in [6, 6.07) is 4.04. The molecule has 0 saturated carbocycles. The van der Waals surface area contributed by atoms with Gasteiger partial charge in [-0.25, -0.2) is 4.98 Å². The average molecular weight is 589 g/mol. The highest BCUT2D eigenvalue weighted by atomic mass is 32.1. The third-order valence-corrected chi connectivity index (χ3v) is 8.39. The van der Waals surface area contributed by atoms with Crippen molar-refractivity contribution in [1.82, 2.24) is 15.0 Å². The molecule has 2 unspecified atom stereocenters. The fourth-order valence-electron chi connectivity index (χ4n) is 4.88. The van der Waals surface area contributed by atoms with Gasteiger partial charge in [-0.2, -0.15) is 35.2 Å². The van der Waals surface area contributed by atoms with Crippen LogP contribution >= 0.6 is 25.3 Å². The SMILES string of the molecule is CCCCCCCC(S)c1nc(Nc2cc(C(C)(C)C)c(O)c(C(C)(C)C)c2)nc(C(S)CCCCCCC)n1. The Kier molecular flexibility index (Phi) is 14.1. The van der Waals surface area contributed by atoms with Gasteiger partial charge in [0.1, 0.15) is 17.4 Å². The molecule has 226 valence electrons. The largest absolute Gasteiger partial charge is 0.507 e. The molecule has 0 bridgehead atoms. The van der Waals surface area contributed by atoms with Crippen molar-refractivity contribution in [3.8, 4) is 5.75 Å². The maximum atomic E-state index is 11.2. The molecule has 0 radical (unpaired) electrons. The quantitative estimate of drug-likeness (QED) is 0.0892. The number of nitrogens with one attached hydrogen (secondary N) is 1. The summed E-state index contributed by atoms with van der Waals surface area (Å²) in [7, 11) is 0. The van der Waals surface area contributed by atoms with E-state index in [4.69, 9.17) is 40.2 Å². The first kappa shape index (κ1) is 34.7. The van der Waals surface area contributed by atoms with Gasteiger partial charge >= 0.3 is 0 Å². The van der Waals surface area contributed by atoms with Gasteiger partial charge in [-0.15, -0.1) is 0 Å². The molecule has 0 aliphatic carbocycles. The van der Waals surface area contributed by atoms with Crippen molar-refractivity contribution in [1.29, 1.82) is 0 Å². The van der Waals surface area contributed by atoms with Crippen LogP contribution in [0.15, 0.2) is 12.1 Å². The minimum atomic E-state index is -0.223. The molecule has 0 amide bonds. The minimum Gasteiger partial charge on any atom is -0.507 e. The predicted octanol–water partition coefficient (Wildman–Crippen LogP) is 10.6. The van der Waals surface area contributed by atoms with Crippen molar-refractivity contribution in [3.05, 3.63) is 34.9 Å². The van der Waals surface area contributed by atoms with Crippen LogP contribution in [0.5, 0.6) is 5.75 Å². The summed E-state index contributed by atoms with van der Waals surface area (Å²) in [4.78, 5) is 14.6. The lowest BCUT2D eigenvalue weighted by atomic mass is 9.79. The van der Waals surface area contributed by atoms with E-state index in [0.29, 0.717) is 23.3 Å². The minimum absolute atomic E-state index is 0.0518. The molecule has 40 heavy (non-hydrogen) atoms. The molecule has 1 heterocycles. The first-order valence-electron chi connectivity index (χ1n) is 15.5. The number of benzene rings is 1. The second-order valence-corrected chi connectivity index (χ2v) is 14.6. The van der Waals surface area contributed by atoms with Crippen LogP contribution in [0.25, 0.3) is 0 Å². The number of phenolic OH excluding ortho intramolecular Hbond substituents is 1. The van der Waals surface area contributed by atoms with E-state index in [1.165, 1.54) is 51.4 Å². The summed E-state index contributed by atoms with van der Waals surface area (Å²) in [5.74, 6) is 2.30. The predicted molar refractivity (Wildman–Crippen MR) is 179 cm³/mol. The van der Waals surface area contributed by atoms with E-state index in [-0.39, 0.29) is 21.3 Å². The van der Waals surface area contributed by atoms with Crippen molar-refractivity contribution in [2.24, 2.45) is 0 Å². The van der Waals surface area contributed by atoms with E-state index in [1.54, 1.807) is 0 Å². The normalized spacial score (nSPS) is 13.8. The van der Waals surface area contributed by atoms with Gasteiger partial charge in [-0.1, -0.05) is 120 Å². The van der Waals surface area contributed by atoms with Gasteiger partial charge in [-0.05, 0) is 35.8 Å². The number of hydrogen-bond acceptors (Lipinski definition) is 7. The van der Waals surface area contributed by atoms with E-state index in [1.807, 2.05) is 12.1 Å². The average Bonchev–Trinajstić information content (AvgIpc) is 2.87. The zero-order chi connectivity index (χ0) is 29.9. The summed E-state index contributed by atoms with van der Waals surface area (Å²) in [5.41, 5.74) is 2.21. The number of unbranched alkanes of at least 4 members (excludes halogenated alkanes) is 8. The summed E-state index contributed by atoms with van der Waals surface area (Å²) < 4.78 is 0. The summed E-state index contributed by atoms with van der Waals surface area (Å²) >= 11 is 9.85. The fourth-order valence-corrected chi connectivity index (χ4v) is 5.48. The Balaban J connectivity index is 2.40. The Hall–Kier alpha value is -1.47. The lowest BCUT2D eigenvalue weighted by Gasteiger charge is -2.28. The Morgan fingerprint density at radius 1 is 0.675 bits per heavy atom. The molecule has 2 aromatic rings. The molecule has 0 aliphatic heterocycles. The number of phenols is 1. The highest BCUT2D eigenvalue weighted by Gasteiger charge is 2.27. The maximum absolute atomic E-state index is 11.2. The Morgan fingerprint density at radius 2 is 1.07 bits per heavy atom. The zero-order valence-electron chi connectivity index (χ0n) is 26.5. The molecule has 0 aliphatic rings. The van der Waals surface area contributed by atoms with Crippen LogP contribution in [0.2, 0.25) is 0 Å². The Bertz CT molecular complexity index is 972. The van der Waals surface area contributed by atoms with Crippen LogP contribution in [-0.4, -0.2) is 20.1 Å². The van der Waals surface area contributed by atoms with Gasteiger partial charge in [-0.3, -0.25) is 0 Å². The second-order valence-electron chi connectivity index (χ2n) is 13.4. The second kappa shape index (κ2) is 16.2. The van der Waals surface area contributed by atoms with Gasteiger partial charge in [0.25, 0.3) is 0 Å². The van der Waals surface area contributed by atoms with Crippen molar-refractivity contribution in [2.45, 2.75) is 154 Å². The topological polar surface area (TPSA) is 70.9 Å². The lowest BCUT2D eigenvalue weighted by Crippen LogP contribution is -2.18. The lowest BCUT2D eigenvalue weighted by molar-refractivity contribution is 0.423. The molecule has 2 N–H and O–H groups in total. The van der Waals surface area contributed by atoms with Gasteiger partial charge in [0.15, 0.2) is 0 Å². The molecule has 7 heteroatoms. The van der Waals surface area contributed by atoms with Crippen LogP contribution in [0, 0.1) is 0 Å². The first-order chi connectivity index (χ1) is 18.8. The van der Waals surface area contributed by atoms with Crippen molar-refractivity contribution in [3.63, 3.8) is 0 Å². The van der Waals surface area contributed by atoms with Crippen LogP contribution in [0.1, 0.15) is 166 Å². The number of anilines is 2.